The molecule has 0 heterocycles. The zero-order valence-corrected chi connectivity index (χ0v) is 12.8. The van der Waals surface area contributed by atoms with Gasteiger partial charge in [0, 0.05) is 13.2 Å². The van der Waals surface area contributed by atoms with Crippen LogP contribution in [-0.4, -0.2) is 30.9 Å². The molecular formula is C15H29NO3. The molecule has 0 aromatic heterocycles. The summed E-state index contributed by atoms with van der Waals surface area (Å²) in [6, 6.07) is 0. The van der Waals surface area contributed by atoms with Gasteiger partial charge in [-0.3, -0.25) is 0 Å². The Morgan fingerprint density at radius 2 is 1.89 bits per heavy atom. The maximum Gasteiger partial charge on any atom is 0.407 e. The van der Waals surface area contributed by atoms with E-state index in [2.05, 4.69) is 5.32 Å². The van der Waals surface area contributed by atoms with Gasteiger partial charge in [-0.05, 0) is 46.5 Å². The summed E-state index contributed by atoms with van der Waals surface area (Å²) in [6.07, 6.45) is 6.26. The molecule has 1 fully saturated rings. The third kappa shape index (κ3) is 8.09. The summed E-state index contributed by atoms with van der Waals surface area (Å²) in [5, 5.41) is 2.74. The van der Waals surface area contributed by atoms with E-state index in [4.69, 9.17) is 9.47 Å². The highest BCUT2D eigenvalue weighted by molar-refractivity contribution is 5.67. The summed E-state index contributed by atoms with van der Waals surface area (Å²) in [6.45, 7) is 8.87. The third-order valence-corrected chi connectivity index (χ3v) is 3.27. The number of ether oxygens (including phenoxy) is 2. The molecule has 0 bridgehead atoms. The molecule has 1 N–H and O–H groups in total. The van der Waals surface area contributed by atoms with E-state index in [0.29, 0.717) is 12.5 Å². The molecule has 0 radical (unpaired) electrons. The Bertz CT molecular complexity index is 267. The molecular weight excluding hydrogens is 242 g/mol. The van der Waals surface area contributed by atoms with E-state index in [0.717, 1.165) is 6.61 Å². The van der Waals surface area contributed by atoms with Crippen molar-refractivity contribution in [1.29, 1.82) is 0 Å². The summed E-state index contributed by atoms with van der Waals surface area (Å²) in [5.74, 6) is 0.706. The fourth-order valence-corrected chi connectivity index (χ4v) is 2.25. The van der Waals surface area contributed by atoms with Crippen molar-refractivity contribution in [2.45, 2.75) is 71.5 Å². The van der Waals surface area contributed by atoms with Crippen LogP contribution in [0.5, 0.6) is 0 Å². The molecule has 1 unspecified atom stereocenters. The van der Waals surface area contributed by atoms with Crippen LogP contribution >= 0.6 is 0 Å². The monoisotopic (exact) mass is 271 g/mol. The first-order chi connectivity index (χ1) is 8.87. The van der Waals surface area contributed by atoms with Gasteiger partial charge in [-0.1, -0.05) is 19.3 Å². The Morgan fingerprint density at radius 1 is 1.26 bits per heavy atom. The van der Waals surface area contributed by atoms with Crippen molar-refractivity contribution in [1.82, 2.24) is 5.32 Å². The minimum Gasteiger partial charge on any atom is -0.444 e. The minimum absolute atomic E-state index is 0.0365. The smallest absolute Gasteiger partial charge is 0.407 e. The zero-order chi connectivity index (χ0) is 14.3. The molecule has 1 aliphatic rings. The molecule has 19 heavy (non-hydrogen) atoms. The minimum atomic E-state index is -0.448. The van der Waals surface area contributed by atoms with Gasteiger partial charge in [-0.2, -0.15) is 0 Å². The molecule has 4 heteroatoms. The van der Waals surface area contributed by atoms with Crippen LogP contribution < -0.4 is 5.32 Å². The molecule has 0 aromatic rings. The first kappa shape index (κ1) is 16.3. The van der Waals surface area contributed by atoms with Gasteiger partial charge >= 0.3 is 6.09 Å². The lowest BCUT2D eigenvalue weighted by Gasteiger charge is -2.24. The van der Waals surface area contributed by atoms with Crippen molar-refractivity contribution in [3.8, 4) is 0 Å². The SMILES string of the molecule is CC(CNC(=O)OC(C)(C)C)OCC1CCCCC1. The standard InChI is InChI=1S/C15H29NO3/c1-12(10-16-14(17)19-15(2,3)4)18-11-13-8-6-5-7-9-13/h12-13H,5-11H2,1-4H3,(H,16,17). The second-order valence-corrected chi connectivity index (χ2v) is 6.53. The molecule has 0 aliphatic heterocycles. The normalized spacial score (nSPS) is 18.9. The lowest BCUT2D eigenvalue weighted by atomic mass is 9.90. The Kier molecular flexibility index (Phi) is 6.63. The number of nitrogens with one attached hydrogen (secondary N) is 1. The first-order valence-electron chi connectivity index (χ1n) is 7.45. The van der Waals surface area contributed by atoms with E-state index >= 15 is 0 Å². The van der Waals surface area contributed by atoms with E-state index in [-0.39, 0.29) is 12.2 Å². The molecule has 112 valence electrons. The number of carbonyl (C=O) groups is 1. The lowest BCUT2D eigenvalue weighted by molar-refractivity contribution is 0.0231. The number of carbonyl (C=O) groups excluding carboxylic acids is 1. The highest BCUT2D eigenvalue weighted by atomic mass is 16.6. The third-order valence-electron chi connectivity index (χ3n) is 3.27. The van der Waals surface area contributed by atoms with E-state index in [1.165, 1.54) is 32.1 Å². The summed E-state index contributed by atoms with van der Waals surface area (Å²) in [4.78, 5) is 11.5. The molecule has 1 aliphatic carbocycles. The lowest BCUT2D eigenvalue weighted by Crippen LogP contribution is -2.37. The molecule has 0 saturated heterocycles. The van der Waals surface area contributed by atoms with Gasteiger partial charge in [-0.25, -0.2) is 4.79 Å². The molecule has 1 saturated carbocycles. The van der Waals surface area contributed by atoms with Crippen LogP contribution in [0.4, 0.5) is 4.79 Å². The van der Waals surface area contributed by atoms with Gasteiger partial charge in [0.25, 0.3) is 0 Å². The topological polar surface area (TPSA) is 47.6 Å². The van der Waals surface area contributed by atoms with Gasteiger partial charge in [0.1, 0.15) is 5.60 Å². The van der Waals surface area contributed by atoms with Crippen LogP contribution in [0.15, 0.2) is 0 Å². The van der Waals surface area contributed by atoms with Crippen LogP contribution in [0, 0.1) is 5.92 Å². The van der Waals surface area contributed by atoms with Crippen molar-refractivity contribution in [2.75, 3.05) is 13.2 Å². The predicted molar refractivity (Wildman–Crippen MR) is 76.2 cm³/mol. The van der Waals surface area contributed by atoms with Crippen LogP contribution in [0.25, 0.3) is 0 Å². The fraction of sp³-hybridized carbons (Fsp3) is 0.933. The van der Waals surface area contributed by atoms with Crippen molar-refractivity contribution < 1.29 is 14.3 Å². The van der Waals surface area contributed by atoms with Gasteiger partial charge in [0.2, 0.25) is 0 Å². The summed E-state index contributed by atoms with van der Waals surface area (Å²) in [7, 11) is 0. The van der Waals surface area contributed by atoms with E-state index in [9.17, 15) is 4.79 Å². The molecule has 1 rings (SSSR count). The highest BCUT2D eigenvalue weighted by Crippen LogP contribution is 2.23. The largest absolute Gasteiger partial charge is 0.444 e. The van der Waals surface area contributed by atoms with E-state index < -0.39 is 5.60 Å². The Labute approximate surface area is 117 Å². The number of amides is 1. The second-order valence-electron chi connectivity index (χ2n) is 6.53. The molecule has 0 aromatic carbocycles. The maximum atomic E-state index is 11.5. The molecule has 0 spiro atoms. The van der Waals surface area contributed by atoms with Crippen LogP contribution in [0.2, 0.25) is 0 Å². The van der Waals surface area contributed by atoms with Crippen LogP contribution in [0.1, 0.15) is 59.8 Å². The second kappa shape index (κ2) is 7.73. The average molecular weight is 271 g/mol. The Morgan fingerprint density at radius 3 is 2.47 bits per heavy atom. The average Bonchev–Trinajstić information content (AvgIpc) is 2.33. The van der Waals surface area contributed by atoms with Crippen molar-refractivity contribution in [3.05, 3.63) is 0 Å². The zero-order valence-electron chi connectivity index (χ0n) is 12.8. The quantitative estimate of drug-likeness (QED) is 0.832. The Balaban J connectivity index is 2.10. The molecule has 4 nitrogen and oxygen atoms in total. The van der Waals surface area contributed by atoms with Gasteiger partial charge in [-0.15, -0.1) is 0 Å². The van der Waals surface area contributed by atoms with Gasteiger partial charge in [0.15, 0.2) is 0 Å². The number of rotatable bonds is 5. The fourth-order valence-electron chi connectivity index (χ4n) is 2.25. The molecule has 1 atom stereocenters. The van der Waals surface area contributed by atoms with Gasteiger partial charge in [0.05, 0.1) is 6.10 Å². The van der Waals surface area contributed by atoms with Crippen molar-refractivity contribution in [3.63, 3.8) is 0 Å². The highest BCUT2D eigenvalue weighted by Gasteiger charge is 2.18. The maximum absolute atomic E-state index is 11.5. The molecule has 1 amide bonds. The first-order valence-corrected chi connectivity index (χ1v) is 7.45. The van der Waals surface area contributed by atoms with E-state index in [1.807, 2.05) is 27.7 Å². The predicted octanol–water partition coefficient (Wildman–Crippen LogP) is 3.50. The van der Waals surface area contributed by atoms with Gasteiger partial charge < -0.3 is 14.8 Å². The number of alkyl carbamates (subject to hydrolysis) is 1. The summed E-state index contributed by atoms with van der Waals surface area (Å²) in [5.41, 5.74) is -0.448. The summed E-state index contributed by atoms with van der Waals surface area (Å²) < 4.78 is 11.0. The van der Waals surface area contributed by atoms with Crippen LogP contribution in [0.3, 0.4) is 0 Å². The van der Waals surface area contributed by atoms with Crippen molar-refractivity contribution >= 4 is 6.09 Å². The van der Waals surface area contributed by atoms with E-state index in [1.54, 1.807) is 0 Å². The van der Waals surface area contributed by atoms with Crippen molar-refractivity contribution in [2.24, 2.45) is 5.92 Å². The number of hydrogen-bond donors (Lipinski definition) is 1. The van der Waals surface area contributed by atoms with Crippen LogP contribution in [-0.2, 0) is 9.47 Å². The summed E-state index contributed by atoms with van der Waals surface area (Å²) >= 11 is 0. The Hall–Kier alpha value is -0.770. The number of hydrogen-bond acceptors (Lipinski definition) is 3.